The summed E-state index contributed by atoms with van der Waals surface area (Å²) in [5, 5.41) is 0. The fourth-order valence-corrected chi connectivity index (χ4v) is 1.48. The predicted octanol–water partition coefficient (Wildman–Crippen LogP) is 0.665. The first kappa shape index (κ1) is 15.8. The third-order valence-electron chi connectivity index (χ3n) is 3.58. The Bertz CT molecular complexity index is 162. The minimum Gasteiger partial charge on any atom is -0.294 e. The number of nitrogens with zero attached hydrogens (tertiary/aromatic N) is 4. The van der Waals surface area contributed by atoms with Crippen LogP contribution in [0.2, 0.25) is 0 Å². The van der Waals surface area contributed by atoms with Crippen LogP contribution >= 0.6 is 0 Å². The Balaban J connectivity index is 3.96. The SMILES string of the molecule is CC(N(C)C)N(C)CCN(C)C(C)N(C)C. The predicted molar refractivity (Wildman–Crippen MR) is 71.6 cm³/mol. The molecule has 0 rings (SSSR count). The van der Waals surface area contributed by atoms with E-state index < -0.39 is 0 Å². The fourth-order valence-electron chi connectivity index (χ4n) is 1.48. The van der Waals surface area contributed by atoms with E-state index in [2.05, 4.69) is 75.7 Å². The third kappa shape index (κ3) is 5.25. The van der Waals surface area contributed by atoms with E-state index in [9.17, 15) is 0 Å². The zero-order valence-corrected chi connectivity index (χ0v) is 12.4. The van der Waals surface area contributed by atoms with Gasteiger partial charge in [0.25, 0.3) is 0 Å². The summed E-state index contributed by atoms with van der Waals surface area (Å²) < 4.78 is 0. The van der Waals surface area contributed by atoms with Gasteiger partial charge in [-0.2, -0.15) is 0 Å². The molecule has 0 aromatic heterocycles. The molecule has 0 aliphatic heterocycles. The van der Waals surface area contributed by atoms with E-state index in [0.717, 1.165) is 13.1 Å². The average Bonchev–Trinajstić information content (AvgIpc) is 2.22. The second kappa shape index (κ2) is 7.22. The van der Waals surface area contributed by atoms with E-state index in [1.165, 1.54) is 0 Å². The molecule has 2 atom stereocenters. The van der Waals surface area contributed by atoms with Crippen LogP contribution < -0.4 is 0 Å². The molecule has 16 heavy (non-hydrogen) atoms. The van der Waals surface area contributed by atoms with Crippen LogP contribution in [0.1, 0.15) is 13.8 Å². The maximum absolute atomic E-state index is 2.37. The lowest BCUT2D eigenvalue weighted by Crippen LogP contribution is -2.47. The van der Waals surface area contributed by atoms with Gasteiger partial charge in [0, 0.05) is 13.1 Å². The molecule has 0 aliphatic rings. The Hall–Kier alpha value is -0.160. The summed E-state index contributed by atoms with van der Waals surface area (Å²) in [6.45, 7) is 6.65. The molecule has 0 amide bonds. The van der Waals surface area contributed by atoms with Gasteiger partial charge >= 0.3 is 0 Å². The molecule has 0 bridgehead atoms. The van der Waals surface area contributed by atoms with Crippen molar-refractivity contribution in [2.75, 3.05) is 55.4 Å². The minimum atomic E-state index is 0.489. The van der Waals surface area contributed by atoms with Crippen LogP contribution in [-0.2, 0) is 0 Å². The first-order chi connectivity index (χ1) is 7.27. The number of rotatable bonds is 7. The highest BCUT2D eigenvalue weighted by Gasteiger charge is 2.14. The van der Waals surface area contributed by atoms with Crippen LogP contribution in [0.3, 0.4) is 0 Å². The van der Waals surface area contributed by atoms with Crippen LogP contribution in [0.25, 0.3) is 0 Å². The highest BCUT2D eigenvalue weighted by atomic mass is 15.3. The third-order valence-corrected chi connectivity index (χ3v) is 3.58. The summed E-state index contributed by atoms with van der Waals surface area (Å²) >= 11 is 0. The van der Waals surface area contributed by atoms with Crippen molar-refractivity contribution in [1.29, 1.82) is 0 Å². The standard InChI is InChI=1S/C12H30N4/c1-11(13(3)4)15(7)9-10-16(8)12(2)14(5)6/h11-12H,9-10H2,1-8H3. The lowest BCUT2D eigenvalue weighted by Gasteiger charge is -2.34. The number of hydrogen-bond acceptors (Lipinski definition) is 4. The van der Waals surface area contributed by atoms with Gasteiger partial charge in [0.2, 0.25) is 0 Å². The van der Waals surface area contributed by atoms with Crippen molar-refractivity contribution in [2.45, 2.75) is 26.2 Å². The highest BCUT2D eigenvalue weighted by Crippen LogP contribution is 2.01. The topological polar surface area (TPSA) is 13.0 Å². The lowest BCUT2D eigenvalue weighted by atomic mass is 10.4. The van der Waals surface area contributed by atoms with Crippen LogP contribution in [0, 0.1) is 0 Å². The Morgan fingerprint density at radius 2 is 0.875 bits per heavy atom. The molecule has 0 spiro atoms. The quantitative estimate of drug-likeness (QED) is 0.596. The largest absolute Gasteiger partial charge is 0.294 e. The minimum absolute atomic E-state index is 0.489. The van der Waals surface area contributed by atoms with E-state index in [1.807, 2.05) is 0 Å². The monoisotopic (exact) mass is 230 g/mol. The lowest BCUT2D eigenvalue weighted by molar-refractivity contribution is 0.0767. The van der Waals surface area contributed by atoms with Gasteiger partial charge in [0.15, 0.2) is 0 Å². The second-order valence-corrected chi connectivity index (χ2v) is 5.15. The number of hydrogen-bond donors (Lipinski definition) is 0. The summed E-state index contributed by atoms with van der Waals surface area (Å²) in [7, 11) is 12.8. The van der Waals surface area contributed by atoms with Gasteiger partial charge in [0.1, 0.15) is 0 Å². The van der Waals surface area contributed by atoms with Crippen LogP contribution in [-0.4, -0.2) is 87.3 Å². The highest BCUT2D eigenvalue weighted by molar-refractivity contribution is 4.65. The van der Waals surface area contributed by atoms with E-state index in [0.29, 0.717) is 12.3 Å². The van der Waals surface area contributed by atoms with Crippen molar-refractivity contribution in [3.8, 4) is 0 Å². The molecule has 0 N–H and O–H groups in total. The van der Waals surface area contributed by atoms with E-state index in [-0.39, 0.29) is 0 Å². The summed E-state index contributed by atoms with van der Waals surface area (Å²) in [6.07, 6.45) is 0.978. The van der Waals surface area contributed by atoms with Crippen molar-refractivity contribution >= 4 is 0 Å². The first-order valence-electron chi connectivity index (χ1n) is 6.00. The molecule has 98 valence electrons. The van der Waals surface area contributed by atoms with Crippen LogP contribution in [0.15, 0.2) is 0 Å². The zero-order chi connectivity index (χ0) is 12.9. The molecule has 0 aliphatic carbocycles. The normalized spacial score (nSPS) is 16.5. The molecule has 2 unspecified atom stereocenters. The summed E-state index contributed by atoms with van der Waals surface area (Å²) in [6, 6.07) is 0. The molecule has 0 saturated heterocycles. The Morgan fingerprint density at radius 1 is 0.625 bits per heavy atom. The Morgan fingerprint density at radius 3 is 1.06 bits per heavy atom. The smallest absolute Gasteiger partial charge is 0.0586 e. The molecule has 4 nitrogen and oxygen atoms in total. The van der Waals surface area contributed by atoms with Crippen molar-refractivity contribution in [3.05, 3.63) is 0 Å². The van der Waals surface area contributed by atoms with Gasteiger partial charge in [-0.25, -0.2) is 0 Å². The van der Waals surface area contributed by atoms with E-state index in [1.54, 1.807) is 0 Å². The Kier molecular flexibility index (Phi) is 7.15. The molecular weight excluding hydrogens is 200 g/mol. The summed E-state index contributed by atoms with van der Waals surface area (Å²) in [5.74, 6) is 0. The second-order valence-electron chi connectivity index (χ2n) is 5.15. The van der Waals surface area contributed by atoms with Gasteiger partial charge in [0.05, 0.1) is 12.3 Å². The molecule has 0 saturated carbocycles. The van der Waals surface area contributed by atoms with E-state index >= 15 is 0 Å². The van der Waals surface area contributed by atoms with Gasteiger partial charge in [-0.05, 0) is 56.1 Å². The van der Waals surface area contributed by atoms with Gasteiger partial charge in [-0.15, -0.1) is 0 Å². The van der Waals surface area contributed by atoms with Crippen LogP contribution in [0.4, 0.5) is 0 Å². The van der Waals surface area contributed by atoms with Crippen molar-refractivity contribution < 1.29 is 0 Å². The van der Waals surface area contributed by atoms with Crippen LogP contribution in [0.5, 0.6) is 0 Å². The molecule has 0 radical (unpaired) electrons. The number of likely N-dealkylation sites (N-methyl/N-ethyl adjacent to an activating group) is 2. The zero-order valence-electron chi connectivity index (χ0n) is 12.4. The summed E-state index contributed by atoms with van der Waals surface area (Å²) in [4.78, 5) is 9.21. The summed E-state index contributed by atoms with van der Waals surface area (Å²) in [5.41, 5.74) is 0. The maximum Gasteiger partial charge on any atom is 0.0586 e. The molecule has 0 aromatic carbocycles. The van der Waals surface area contributed by atoms with Crippen molar-refractivity contribution in [1.82, 2.24) is 19.6 Å². The maximum atomic E-state index is 2.37. The molecule has 0 fully saturated rings. The van der Waals surface area contributed by atoms with Crippen molar-refractivity contribution in [3.63, 3.8) is 0 Å². The van der Waals surface area contributed by atoms with Gasteiger partial charge < -0.3 is 0 Å². The molecule has 0 aromatic rings. The first-order valence-corrected chi connectivity index (χ1v) is 6.00. The van der Waals surface area contributed by atoms with Gasteiger partial charge in [-0.3, -0.25) is 19.6 Å². The van der Waals surface area contributed by atoms with Gasteiger partial charge in [-0.1, -0.05) is 0 Å². The Labute approximate surface area is 102 Å². The van der Waals surface area contributed by atoms with Crippen molar-refractivity contribution in [2.24, 2.45) is 0 Å². The fraction of sp³-hybridized carbons (Fsp3) is 1.00. The average molecular weight is 230 g/mol. The molecular formula is C12H30N4. The molecule has 4 heteroatoms. The molecule has 0 heterocycles. The van der Waals surface area contributed by atoms with E-state index in [4.69, 9.17) is 0 Å².